The van der Waals surface area contributed by atoms with Crippen molar-refractivity contribution in [3.63, 3.8) is 0 Å². The fourth-order valence-electron chi connectivity index (χ4n) is 1.84. The Balaban J connectivity index is 0.00000139. The summed E-state index contributed by atoms with van der Waals surface area (Å²) in [6, 6.07) is 5.82. The predicted octanol–water partition coefficient (Wildman–Crippen LogP) is 5.25. The molecule has 0 fully saturated rings. The quantitative estimate of drug-likeness (QED) is 0.332. The molecular formula is C16H19BrIN4OP. The zero-order valence-electron chi connectivity index (χ0n) is 13.6. The fraction of sp³-hybridized carbons (Fsp3) is 0.188. The highest BCUT2D eigenvalue weighted by Crippen LogP contribution is 2.31. The number of hydrogen-bond acceptors (Lipinski definition) is 5. The van der Waals surface area contributed by atoms with Gasteiger partial charge in [-0.3, -0.25) is 9.75 Å². The summed E-state index contributed by atoms with van der Waals surface area (Å²) >= 11 is 5.48. The molecule has 0 bridgehead atoms. The third-order valence-electron chi connectivity index (χ3n) is 2.86. The lowest BCUT2D eigenvalue weighted by atomic mass is 10.0. The Labute approximate surface area is 165 Å². The molecule has 5 nitrogen and oxygen atoms in total. The Bertz CT molecular complexity index is 708. The minimum atomic E-state index is 0.459. The van der Waals surface area contributed by atoms with Crippen LogP contribution < -0.4 is 10.5 Å². The van der Waals surface area contributed by atoms with Crippen molar-refractivity contribution in [2.45, 2.75) is 13.8 Å². The van der Waals surface area contributed by atoms with Gasteiger partial charge in [-0.1, -0.05) is 19.9 Å². The van der Waals surface area contributed by atoms with Gasteiger partial charge in [0.05, 0.1) is 31.6 Å². The van der Waals surface area contributed by atoms with Crippen LogP contribution in [-0.2, 0) is 0 Å². The Morgan fingerprint density at radius 2 is 2.08 bits per heavy atom. The van der Waals surface area contributed by atoms with Crippen molar-refractivity contribution >= 4 is 56.1 Å². The molecule has 1 unspecified atom stereocenters. The highest BCUT2D eigenvalue weighted by atomic mass is 127. The molecule has 1 aromatic carbocycles. The number of rotatable bonds is 5. The van der Waals surface area contributed by atoms with E-state index in [9.17, 15) is 0 Å². The first kappa shape index (κ1) is 21.0. The Hall–Kier alpha value is -1.05. The Kier molecular flexibility index (Phi) is 10.1. The van der Waals surface area contributed by atoms with Gasteiger partial charge in [0.2, 0.25) is 0 Å². The van der Waals surface area contributed by atoms with E-state index in [4.69, 9.17) is 10.5 Å². The van der Waals surface area contributed by atoms with E-state index in [-0.39, 0.29) is 0 Å². The Morgan fingerprint density at radius 3 is 2.62 bits per heavy atom. The maximum absolute atomic E-state index is 5.68. The maximum atomic E-state index is 5.68. The van der Waals surface area contributed by atoms with Crippen LogP contribution >= 0.6 is 44.3 Å². The van der Waals surface area contributed by atoms with Gasteiger partial charge in [0.15, 0.2) is 0 Å². The summed E-state index contributed by atoms with van der Waals surface area (Å²) in [4.78, 5) is 8.54. The number of hydrogen-bond donors (Lipinski definition) is 1. The predicted molar refractivity (Wildman–Crippen MR) is 116 cm³/mol. The van der Waals surface area contributed by atoms with Gasteiger partial charge in [0.25, 0.3) is 0 Å². The number of nitrogens with zero attached hydrogens (tertiary/aromatic N) is 3. The van der Waals surface area contributed by atoms with Gasteiger partial charge in [-0.05, 0) is 55.7 Å². The second-order valence-electron chi connectivity index (χ2n) is 4.10. The maximum Gasteiger partial charge on any atom is 0.128 e. The van der Waals surface area contributed by atoms with Crippen LogP contribution in [0.25, 0.3) is 16.8 Å². The van der Waals surface area contributed by atoms with Gasteiger partial charge in [-0.2, -0.15) is 0 Å². The zero-order chi connectivity index (χ0) is 17.9. The number of ether oxygens (including phenoxy) is 1. The monoisotopic (exact) mass is 520 g/mol. The summed E-state index contributed by atoms with van der Waals surface area (Å²) in [6.07, 6.45) is 7.11. The molecule has 1 heterocycles. The molecule has 0 saturated carbocycles. The second kappa shape index (κ2) is 11.5. The van der Waals surface area contributed by atoms with Crippen molar-refractivity contribution in [1.82, 2.24) is 9.97 Å². The van der Waals surface area contributed by atoms with Crippen LogP contribution in [0.1, 0.15) is 19.4 Å². The topological polar surface area (TPSA) is 73.4 Å². The fourth-order valence-corrected chi connectivity index (χ4v) is 2.65. The summed E-state index contributed by atoms with van der Waals surface area (Å²) in [6.45, 7) is 4.00. The minimum absolute atomic E-state index is 0.459. The molecule has 2 N–H and O–H groups in total. The van der Waals surface area contributed by atoms with Crippen LogP contribution in [0.5, 0.6) is 5.75 Å². The van der Waals surface area contributed by atoms with Crippen LogP contribution in [0.4, 0.5) is 0 Å². The lowest BCUT2D eigenvalue weighted by Crippen LogP contribution is -1.95. The molecule has 8 heteroatoms. The summed E-state index contributed by atoms with van der Waals surface area (Å²) in [5.74, 6) is 0.707. The van der Waals surface area contributed by atoms with Gasteiger partial charge in [-0.25, -0.2) is 4.98 Å². The third kappa shape index (κ3) is 5.79. The van der Waals surface area contributed by atoms with E-state index in [0.29, 0.717) is 16.7 Å². The van der Waals surface area contributed by atoms with Gasteiger partial charge in [0.1, 0.15) is 10.4 Å². The smallest absolute Gasteiger partial charge is 0.128 e. The van der Waals surface area contributed by atoms with E-state index in [1.165, 1.54) is 6.20 Å². The summed E-state index contributed by atoms with van der Waals surface area (Å²) < 4.78 is 10.4. The standard InChI is InChI=1S/C14H13BrIN4OP.C2H6/c1-21-13-4-9(10(5-17)6-20-22-16)2-3-11(13)12-7-19-14(15)8-18-12;1-2/h2-8,22H,17H2,1H3;1-2H3/b10-5+,20-6+;. The molecule has 0 aliphatic carbocycles. The molecule has 2 rings (SSSR count). The van der Waals surface area contributed by atoms with E-state index >= 15 is 0 Å². The molecule has 0 spiro atoms. The van der Waals surface area contributed by atoms with E-state index in [2.05, 4.69) is 52.7 Å². The molecule has 0 aliphatic rings. The van der Waals surface area contributed by atoms with Crippen molar-refractivity contribution in [3.05, 3.63) is 47.0 Å². The number of benzene rings is 1. The highest BCUT2D eigenvalue weighted by molar-refractivity contribution is 14.2. The van der Waals surface area contributed by atoms with Gasteiger partial charge in [-0.15, -0.1) is 0 Å². The molecule has 0 saturated heterocycles. The molecule has 1 aromatic heterocycles. The van der Waals surface area contributed by atoms with Crippen LogP contribution in [-0.4, -0.2) is 23.3 Å². The largest absolute Gasteiger partial charge is 0.496 e. The first-order valence-electron chi connectivity index (χ1n) is 7.16. The third-order valence-corrected chi connectivity index (χ3v) is 4.33. The molecule has 0 amide bonds. The number of allylic oxidation sites excluding steroid dienone is 1. The van der Waals surface area contributed by atoms with E-state index in [0.717, 1.165) is 22.4 Å². The van der Waals surface area contributed by atoms with E-state index in [1.54, 1.807) is 25.7 Å². The van der Waals surface area contributed by atoms with Crippen molar-refractivity contribution in [1.29, 1.82) is 0 Å². The lowest BCUT2D eigenvalue weighted by molar-refractivity contribution is 0.416. The van der Waals surface area contributed by atoms with Gasteiger partial charge < -0.3 is 10.5 Å². The minimum Gasteiger partial charge on any atom is -0.496 e. The molecule has 0 aliphatic heterocycles. The first-order valence-corrected chi connectivity index (χ1v) is 12.0. The van der Waals surface area contributed by atoms with Crippen LogP contribution in [0.2, 0.25) is 0 Å². The number of methoxy groups -OCH3 is 1. The molecular weight excluding hydrogens is 502 g/mol. The normalized spacial score (nSPS) is 11.6. The first-order chi connectivity index (χ1) is 11.7. The summed E-state index contributed by atoms with van der Waals surface area (Å²) in [5.41, 5.74) is 9.08. The van der Waals surface area contributed by atoms with Crippen molar-refractivity contribution in [3.8, 4) is 17.0 Å². The summed E-state index contributed by atoms with van der Waals surface area (Å²) in [5, 5.41) is 0. The number of aromatic nitrogens is 2. The highest BCUT2D eigenvalue weighted by Gasteiger charge is 2.10. The number of halogens is 2. The van der Waals surface area contributed by atoms with Crippen molar-refractivity contribution in [2.75, 3.05) is 7.11 Å². The van der Waals surface area contributed by atoms with Crippen LogP contribution in [0.3, 0.4) is 0 Å². The van der Waals surface area contributed by atoms with Gasteiger partial charge in [0, 0.05) is 23.6 Å². The Morgan fingerprint density at radius 1 is 1.33 bits per heavy atom. The van der Waals surface area contributed by atoms with Crippen LogP contribution in [0.15, 0.2) is 46.2 Å². The van der Waals surface area contributed by atoms with E-state index in [1.807, 2.05) is 32.0 Å². The second-order valence-corrected chi connectivity index (χ2v) is 6.79. The SMILES string of the molecule is CC.COc1cc(C(=C/N)/C=N/PI)ccc1-c1cnc(Br)cn1. The molecule has 24 heavy (non-hydrogen) atoms. The molecule has 1 atom stereocenters. The van der Waals surface area contributed by atoms with Crippen LogP contribution in [0, 0.1) is 0 Å². The average Bonchev–Trinajstić information content (AvgIpc) is 2.64. The van der Waals surface area contributed by atoms with Crippen molar-refractivity contribution < 1.29 is 4.74 Å². The van der Waals surface area contributed by atoms with Gasteiger partial charge >= 0.3 is 0 Å². The molecule has 0 radical (unpaired) electrons. The molecule has 2 aromatic rings. The molecule has 128 valence electrons. The van der Waals surface area contributed by atoms with E-state index < -0.39 is 0 Å². The average molecular weight is 521 g/mol. The van der Waals surface area contributed by atoms with Crippen molar-refractivity contribution in [2.24, 2.45) is 10.5 Å². The lowest BCUT2D eigenvalue weighted by Gasteiger charge is -2.10. The summed E-state index contributed by atoms with van der Waals surface area (Å²) in [7, 11) is 1.63. The number of nitrogens with two attached hydrogens (primary N) is 1. The zero-order valence-corrected chi connectivity index (χ0v) is 18.4.